The van der Waals surface area contributed by atoms with Crippen molar-refractivity contribution in [2.75, 3.05) is 20.2 Å². The lowest BCUT2D eigenvalue weighted by Gasteiger charge is -2.31. The number of nitrogens with one attached hydrogen (secondary N) is 1. The molecule has 2 unspecified atom stereocenters. The van der Waals surface area contributed by atoms with E-state index < -0.39 is 11.9 Å². The largest absolute Gasteiger partial charge is 0.497 e. The number of ether oxygens (including phenoxy) is 1. The molecule has 1 aliphatic rings. The minimum Gasteiger partial charge on any atom is -0.497 e. The van der Waals surface area contributed by atoms with Gasteiger partial charge >= 0.3 is 12.0 Å². The maximum absolute atomic E-state index is 13.5. The number of carboxylic acids is 1. The number of nitrogens with zero attached hydrogens (tertiary/aromatic N) is 1. The third kappa shape index (κ3) is 4.84. The number of carbonyl (C=O) groups is 2. The fourth-order valence-corrected chi connectivity index (χ4v) is 2.93. The molecule has 2 atom stereocenters. The summed E-state index contributed by atoms with van der Waals surface area (Å²) >= 11 is 0. The van der Waals surface area contributed by atoms with Crippen LogP contribution in [0.1, 0.15) is 25.3 Å². The molecular weight excluding hydrogens is 315 g/mol. The predicted molar refractivity (Wildman–Crippen MR) is 86.6 cm³/mol. The molecule has 0 spiro atoms. The van der Waals surface area contributed by atoms with Crippen LogP contribution in [0.4, 0.5) is 9.18 Å². The topological polar surface area (TPSA) is 78.9 Å². The minimum atomic E-state index is -0.868. The lowest BCUT2D eigenvalue weighted by molar-refractivity contribution is -0.143. The molecule has 0 saturated carbocycles. The number of aliphatic carboxylic acids is 1. The van der Waals surface area contributed by atoms with Gasteiger partial charge in [0.15, 0.2) is 0 Å². The van der Waals surface area contributed by atoms with E-state index in [1.54, 1.807) is 6.07 Å². The molecule has 0 aromatic heterocycles. The van der Waals surface area contributed by atoms with Gasteiger partial charge in [0.25, 0.3) is 0 Å². The first-order valence-electron chi connectivity index (χ1n) is 8.00. The third-order valence-corrected chi connectivity index (χ3v) is 4.14. The molecule has 0 aliphatic carbocycles. The number of halogens is 1. The van der Waals surface area contributed by atoms with Crippen molar-refractivity contribution in [2.24, 2.45) is 5.92 Å². The van der Waals surface area contributed by atoms with Crippen LogP contribution < -0.4 is 10.1 Å². The lowest BCUT2D eigenvalue weighted by Crippen LogP contribution is -2.49. The second kappa shape index (κ2) is 7.99. The molecule has 24 heavy (non-hydrogen) atoms. The zero-order chi connectivity index (χ0) is 17.7. The number of rotatable bonds is 5. The molecule has 1 fully saturated rings. The Kier molecular flexibility index (Phi) is 6.00. The van der Waals surface area contributed by atoms with Crippen LogP contribution in [0.5, 0.6) is 5.75 Å². The van der Waals surface area contributed by atoms with E-state index in [1.165, 1.54) is 24.1 Å². The second-order valence-corrected chi connectivity index (χ2v) is 6.18. The molecule has 2 N–H and O–H groups in total. The highest BCUT2D eigenvalue weighted by Gasteiger charge is 2.28. The summed E-state index contributed by atoms with van der Waals surface area (Å²) in [6, 6.07) is 3.94. The summed E-state index contributed by atoms with van der Waals surface area (Å²) in [5.74, 6) is -1.33. The van der Waals surface area contributed by atoms with Crippen molar-refractivity contribution < 1.29 is 23.8 Å². The molecule has 0 bridgehead atoms. The molecule has 1 heterocycles. The Morgan fingerprint density at radius 1 is 1.46 bits per heavy atom. The van der Waals surface area contributed by atoms with Gasteiger partial charge in [-0.05, 0) is 43.9 Å². The summed E-state index contributed by atoms with van der Waals surface area (Å²) in [6.07, 6.45) is 1.73. The van der Waals surface area contributed by atoms with Gasteiger partial charge in [-0.1, -0.05) is 0 Å². The van der Waals surface area contributed by atoms with Gasteiger partial charge in [0.2, 0.25) is 0 Å². The first-order chi connectivity index (χ1) is 11.4. The van der Waals surface area contributed by atoms with E-state index in [2.05, 4.69) is 5.32 Å². The molecular formula is C17H23FN2O4. The SMILES string of the molecule is COc1cc(F)cc(CC(C)NC(=O)N2CCCC(C(=O)O)C2)c1. The maximum Gasteiger partial charge on any atom is 0.317 e. The van der Waals surface area contributed by atoms with E-state index in [0.29, 0.717) is 31.6 Å². The van der Waals surface area contributed by atoms with E-state index in [1.807, 2.05) is 6.92 Å². The van der Waals surface area contributed by atoms with Crippen LogP contribution in [0.2, 0.25) is 0 Å². The number of piperidine rings is 1. The second-order valence-electron chi connectivity index (χ2n) is 6.18. The fourth-order valence-electron chi connectivity index (χ4n) is 2.93. The van der Waals surface area contributed by atoms with Crippen molar-refractivity contribution in [1.82, 2.24) is 10.2 Å². The van der Waals surface area contributed by atoms with Crippen molar-refractivity contribution in [3.63, 3.8) is 0 Å². The number of likely N-dealkylation sites (tertiary alicyclic amines) is 1. The summed E-state index contributed by atoms with van der Waals surface area (Å²) in [6.45, 7) is 2.60. The van der Waals surface area contributed by atoms with E-state index in [4.69, 9.17) is 9.84 Å². The summed E-state index contributed by atoms with van der Waals surface area (Å²) in [5, 5.41) is 11.9. The zero-order valence-electron chi connectivity index (χ0n) is 13.9. The molecule has 1 aromatic rings. The fraction of sp³-hybridized carbons (Fsp3) is 0.529. The standard InChI is InChI=1S/C17H23FN2O4/c1-11(6-12-7-14(18)9-15(8-12)24-2)19-17(23)20-5-3-4-13(10-20)16(21)22/h7-9,11,13H,3-6,10H2,1-2H3,(H,19,23)(H,21,22). The highest BCUT2D eigenvalue weighted by molar-refractivity contribution is 5.76. The summed E-state index contributed by atoms with van der Waals surface area (Å²) in [4.78, 5) is 24.9. The average molecular weight is 338 g/mol. The highest BCUT2D eigenvalue weighted by atomic mass is 19.1. The minimum absolute atomic E-state index is 0.214. The Hall–Kier alpha value is -2.31. The van der Waals surface area contributed by atoms with Crippen molar-refractivity contribution in [1.29, 1.82) is 0 Å². The van der Waals surface area contributed by atoms with Crippen molar-refractivity contribution >= 4 is 12.0 Å². The Balaban J connectivity index is 1.92. The van der Waals surface area contributed by atoms with E-state index in [-0.39, 0.29) is 24.4 Å². The first-order valence-corrected chi connectivity index (χ1v) is 8.00. The van der Waals surface area contributed by atoms with Crippen molar-refractivity contribution in [3.05, 3.63) is 29.6 Å². The van der Waals surface area contributed by atoms with Gasteiger partial charge < -0.3 is 20.1 Å². The first kappa shape index (κ1) is 18.0. The Morgan fingerprint density at radius 3 is 2.88 bits per heavy atom. The van der Waals surface area contributed by atoms with Crippen LogP contribution in [0.15, 0.2) is 18.2 Å². The molecule has 2 rings (SSSR count). The number of carboxylic acid groups (broad SMARTS) is 1. The molecule has 7 heteroatoms. The maximum atomic E-state index is 13.5. The molecule has 1 aliphatic heterocycles. The van der Waals surface area contributed by atoms with Gasteiger partial charge in [-0.3, -0.25) is 4.79 Å². The Morgan fingerprint density at radius 2 is 2.21 bits per heavy atom. The highest BCUT2D eigenvalue weighted by Crippen LogP contribution is 2.18. The predicted octanol–water partition coefficient (Wildman–Crippen LogP) is 2.27. The van der Waals surface area contributed by atoms with Crippen LogP contribution in [0.25, 0.3) is 0 Å². The molecule has 2 amide bonds. The van der Waals surface area contributed by atoms with Crippen LogP contribution in [0.3, 0.4) is 0 Å². The monoisotopic (exact) mass is 338 g/mol. The van der Waals surface area contributed by atoms with Crippen molar-refractivity contribution in [3.8, 4) is 5.75 Å². The Bertz CT molecular complexity index is 608. The zero-order valence-corrected chi connectivity index (χ0v) is 13.9. The van der Waals surface area contributed by atoms with Gasteiger partial charge in [-0.25, -0.2) is 9.18 Å². The quantitative estimate of drug-likeness (QED) is 0.863. The average Bonchev–Trinajstić information content (AvgIpc) is 2.54. The summed E-state index contributed by atoms with van der Waals surface area (Å²) in [7, 11) is 1.47. The third-order valence-electron chi connectivity index (χ3n) is 4.14. The van der Waals surface area contributed by atoms with E-state index in [0.717, 1.165) is 5.56 Å². The number of carbonyl (C=O) groups excluding carboxylic acids is 1. The molecule has 1 aromatic carbocycles. The normalized spacial score (nSPS) is 18.8. The van der Waals surface area contributed by atoms with E-state index in [9.17, 15) is 14.0 Å². The summed E-state index contributed by atoms with van der Waals surface area (Å²) in [5.41, 5.74) is 0.724. The molecule has 1 saturated heterocycles. The summed E-state index contributed by atoms with van der Waals surface area (Å²) < 4.78 is 18.5. The molecule has 132 valence electrons. The van der Waals surface area contributed by atoms with Crippen LogP contribution >= 0.6 is 0 Å². The molecule has 0 radical (unpaired) electrons. The van der Waals surface area contributed by atoms with Gasteiger partial charge in [-0.15, -0.1) is 0 Å². The number of benzene rings is 1. The molecule has 6 nitrogen and oxygen atoms in total. The Labute approximate surface area is 140 Å². The van der Waals surface area contributed by atoms with Crippen LogP contribution in [-0.2, 0) is 11.2 Å². The van der Waals surface area contributed by atoms with Gasteiger partial charge in [0, 0.05) is 25.2 Å². The smallest absolute Gasteiger partial charge is 0.317 e. The number of hydrogen-bond donors (Lipinski definition) is 2. The van der Waals surface area contributed by atoms with Gasteiger partial charge in [0.05, 0.1) is 13.0 Å². The number of amides is 2. The lowest BCUT2D eigenvalue weighted by atomic mass is 9.98. The van der Waals surface area contributed by atoms with Gasteiger partial charge in [-0.2, -0.15) is 0 Å². The number of methoxy groups -OCH3 is 1. The van der Waals surface area contributed by atoms with Crippen molar-refractivity contribution in [2.45, 2.75) is 32.2 Å². The number of hydrogen-bond acceptors (Lipinski definition) is 3. The number of urea groups is 1. The van der Waals surface area contributed by atoms with Gasteiger partial charge in [0.1, 0.15) is 11.6 Å². The van der Waals surface area contributed by atoms with Crippen LogP contribution in [-0.4, -0.2) is 48.2 Å². The van der Waals surface area contributed by atoms with E-state index >= 15 is 0 Å². The van der Waals surface area contributed by atoms with Crippen LogP contribution in [0, 0.1) is 11.7 Å².